The number of furan rings is 1. The van der Waals surface area contributed by atoms with Gasteiger partial charge in [-0.05, 0) is 36.2 Å². The van der Waals surface area contributed by atoms with Crippen LogP contribution in [0.2, 0.25) is 0 Å². The summed E-state index contributed by atoms with van der Waals surface area (Å²) in [6.45, 7) is 0. The predicted octanol–water partition coefficient (Wildman–Crippen LogP) is 1.39. The van der Waals surface area contributed by atoms with Crippen LogP contribution in [0.1, 0.15) is 10.6 Å². The van der Waals surface area contributed by atoms with Gasteiger partial charge in [-0.15, -0.1) is 0 Å². The molecule has 1 amide bonds. The summed E-state index contributed by atoms with van der Waals surface area (Å²) in [4.78, 5) is 21.9. The minimum Gasteiger partial charge on any atom is -0.395 e. The molecule has 110 valence electrons. The number of nitrogens with zero attached hydrogens (tertiary/aromatic N) is 1. The Morgan fingerprint density at radius 3 is 2.38 bits per heavy atom. The zero-order valence-corrected chi connectivity index (χ0v) is 11.5. The Hall–Kier alpha value is -2.65. The second kappa shape index (κ2) is 5.38. The molecule has 0 aliphatic rings. The molecule has 1 atom stereocenters. The van der Waals surface area contributed by atoms with Gasteiger partial charge in [0.1, 0.15) is 4.92 Å². The monoisotopic (exact) mass is 309 g/mol. The lowest BCUT2D eigenvalue weighted by atomic mass is 10.3. The zero-order valence-electron chi connectivity index (χ0n) is 10.6. The first-order valence-electron chi connectivity index (χ1n) is 5.58. The molecule has 21 heavy (non-hydrogen) atoms. The minimum absolute atomic E-state index is 0.189. The van der Waals surface area contributed by atoms with Crippen molar-refractivity contribution in [2.45, 2.75) is 4.90 Å². The normalized spacial score (nSPS) is 13.4. The molecule has 0 aliphatic heterocycles. The molecule has 1 unspecified atom stereocenters. The van der Waals surface area contributed by atoms with Crippen molar-refractivity contribution >= 4 is 33.1 Å². The molecule has 0 aliphatic carbocycles. The van der Waals surface area contributed by atoms with Crippen molar-refractivity contribution in [3.05, 3.63) is 52.3 Å². The summed E-state index contributed by atoms with van der Waals surface area (Å²) < 4.78 is 16.3. The number of rotatable bonds is 4. The van der Waals surface area contributed by atoms with Crippen LogP contribution in [0.25, 0.3) is 0 Å². The van der Waals surface area contributed by atoms with E-state index in [9.17, 15) is 19.1 Å². The molecule has 3 N–H and O–H groups in total. The second-order valence-corrected chi connectivity index (χ2v) is 6.02. The molecule has 0 spiro atoms. The highest BCUT2D eigenvalue weighted by Gasteiger charge is 2.17. The van der Waals surface area contributed by atoms with Gasteiger partial charge in [-0.25, -0.2) is 4.21 Å². The highest BCUT2D eigenvalue weighted by Crippen LogP contribution is 2.18. The summed E-state index contributed by atoms with van der Waals surface area (Å²) in [7, 11) is -2.81. The Labute approximate surface area is 119 Å². The van der Waals surface area contributed by atoms with Crippen molar-refractivity contribution in [1.82, 2.24) is 0 Å². The molecule has 1 heterocycles. The number of carbonyl (C=O) groups excluding carboxylic acids is 1. The Balaban J connectivity index is 2.14. The minimum atomic E-state index is -2.81. The first-order chi connectivity index (χ1) is 9.77. The summed E-state index contributed by atoms with van der Waals surface area (Å²) >= 11 is 0. The van der Waals surface area contributed by atoms with E-state index in [1.807, 2.05) is 0 Å². The van der Waals surface area contributed by atoms with Crippen molar-refractivity contribution in [2.75, 3.05) is 5.32 Å². The Kier molecular flexibility index (Phi) is 3.78. The number of nitrogens with one attached hydrogen (secondary N) is 1. The molecule has 9 heteroatoms. The van der Waals surface area contributed by atoms with Crippen molar-refractivity contribution in [3.63, 3.8) is 0 Å². The number of nitrogens with two attached hydrogens (primary N) is 1. The van der Waals surface area contributed by atoms with E-state index < -0.39 is 26.4 Å². The molecular weight excluding hydrogens is 298 g/mol. The molecule has 1 aromatic carbocycles. The molecule has 2 aromatic rings. The van der Waals surface area contributed by atoms with Crippen LogP contribution in [0, 0.1) is 10.1 Å². The second-order valence-electron chi connectivity index (χ2n) is 4.10. The van der Waals surface area contributed by atoms with Crippen LogP contribution in [0.15, 0.2) is 45.7 Å². The smallest absolute Gasteiger partial charge is 0.395 e. The maximum Gasteiger partial charge on any atom is 0.433 e. The average molecular weight is 309 g/mol. The van der Waals surface area contributed by atoms with Gasteiger partial charge in [0.15, 0.2) is 5.76 Å². The third-order valence-corrected chi connectivity index (χ3v) is 3.58. The van der Waals surface area contributed by atoms with E-state index in [1.165, 1.54) is 30.3 Å². The highest BCUT2D eigenvalue weighted by molar-refractivity contribution is 7.98. The number of hydrogen-bond acceptors (Lipinski definition) is 5. The topological polar surface area (TPSA) is 128 Å². The number of nitro groups is 1. The summed E-state index contributed by atoms with van der Waals surface area (Å²) in [6, 6.07) is 8.20. The van der Waals surface area contributed by atoms with Gasteiger partial charge in [0.05, 0.1) is 15.8 Å². The fourth-order valence-electron chi connectivity index (χ4n) is 1.51. The lowest BCUT2D eigenvalue weighted by molar-refractivity contribution is -0.402. The van der Waals surface area contributed by atoms with Crippen LogP contribution in [0.3, 0.4) is 0 Å². The van der Waals surface area contributed by atoms with E-state index in [-0.39, 0.29) is 5.76 Å². The molecule has 2 rings (SSSR count). The Morgan fingerprint density at radius 2 is 1.90 bits per heavy atom. The van der Waals surface area contributed by atoms with E-state index in [1.54, 1.807) is 0 Å². The first-order valence-corrected chi connectivity index (χ1v) is 7.37. The summed E-state index contributed by atoms with van der Waals surface area (Å²) in [5, 5.41) is 18.3. The molecule has 1 aromatic heterocycles. The summed E-state index contributed by atoms with van der Waals surface area (Å²) in [6.07, 6.45) is 0. The number of benzene rings is 1. The molecule has 0 bridgehead atoms. The van der Waals surface area contributed by atoms with E-state index in [4.69, 9.17) is 9.56 Å². The number of amides is 1. The van der Waals surface area contributed by atoms with E-state index >= 15 is 0 Å². The van der Waals surface area contributed by atoms with Crippen LogP contribution < -0.4 is 10.5 Å². The van der Waals surface area contributed by atoms with Gasteiger partial charge in [0.25, 0.3) is 5.91 Å². The highest BCUT2D eigenvalue weighted by atomic mass is 32.2. The lowest BCUT2D eigenvalue weighted by Crippen LogP contribution is -2.13. The largest absolute Gasteiger partial charge is 0.433 e. The predicted molar refractivity (Wildman–Crippen MR) is 77.5 cm³/mol. The SMILES string of the molecule is C=S(N)(=O)c1ccc(NC(=O)c2ccc([N+](=O)[O-])o2)cc1. The molecule has 0 saturated heterocycles. The molecular formula is C12H11N3O5S. The van der Waals surface area contributed by atoms with Gasteiger partial charge in [-0.3, -0.25) is 20.0 Å². The van der Waals surface area contributed by atoms with Gasteiger partial charge >= 0.3 is 5.88 Å². The van der Waals surface area contributed by atoms with Crippen molar-refractivity contribution in [3.8, 4) is 0 Å². The van der Waals surface area contributed by atoms with Crippen molar-refractivity contribution in [2.24, 2.45) is 5.14 Å². The van der Waals surface area contributed by atoms with Crippen LogP contribution in [-0.4, -0.2) is 20.9 Å². The van der Waals surface area contributed by atoms with Gasteiger partial charge in [-0.2, -0.15) is 0 Å². The van der Waals surface area contributed by atoms with Gasteiger partial charge in [0.2, 0.25) is 0 Å². The molecule has 0 fully saturated rings. The number of carbonyl (C=O) groups is 1. The Morgan fingerprint density at radius 1 is 1.29 bits per heavy atom. The molecule has 0 radical (unpaired) electrons. The third-order valence-electron chi connectivity index (χ3n) is 2.51. The summed E-state index contributed by atoms with van der Waals surface area (Å²) in [5.41, 5.74) is 0.395. The van der Waals surface area contributed by atoms with E-state index in [0.717, 1.165) is 6.07 Å². The van der Waals surface area contributed by atoms with Gasteiger partial charge < -0.3 is 9.73 Å². The van der Waals surface area contributed by atoms with Gasteiger partial charge in [-0.1, -0.05) is 0 Å². The maximum absolute atomic E-state index is 11.8. The maximum atomic E-state index is 11.8. The lowest BCUT2D eigenvalue weighted by Gasteiger charge is -2.05. The van der Waals surface area contributed by atoms with Crippen molar-refractivity contribution in [1.29, 1.82) is 0 Å². The fourth-order valence-corrected chi connectivity index (χ4v) is 2.11. The Bertz CT molecular complexity index is 793. The van der Waals surface area contributed by atoms with Crippen molar-refractivity contribution < 1.29 is 18.3 Å². The van der Waals surface area contributed by atoms with Crippen LogP contribution in [-0.2, 0) is 9.71 Å². The third kappa shape index (κ3) is 3.46. The van der Waals surface area contributed by atoms with E-state index in [0.29, 0.717) is 10.6 Å². The summed E-state index contributed by atoms with van der Waals surface area (Å²) in [5.74, 6) is 1.99. The quantitative estimate of drug-likeness (QED) is 0.501. The van der Waals surface area contributed by atoms with Gasteiger partial charge in [0, 0.05) is 10.6 Å². The molecule has 8 nitrogen and oxygen atoms in total. The first kappa shape index (κ1) is 14.8. The van der Waals surface area contributed by atoms with Crippen LogP contribution >= 0.6 is 0 Å². The number of anilines is 1. The average Bonchev–Trinajstić information content (AvgIpc) is 2.88. The molecule has 0 saturated carbocycles. The van der Waals surface area contributed by atoms with E-state index in [2.05, 4.69) is 11.2 Å². The van der Waals surface area contributed by atoms with Crippen LogP contribution in [0.4, 0.5) is 11.6 Å². The fraction of sp³-hybridized carbons (Fsp3) is 0. The van der Waals surface area contributed by atoms with Crippen LogP contribution in [0.5, 0.6) is 0 Å². The number of hydrogen-bond donors (Lipinski definition) is 2. The standard InChI is InChI=1S/C12H11N3O5S/c1-21(13,19)9-4-2-8(3-5-9)14-12(16)10-6-7-11(20-10)15(17)18/h2-7H,1H2,(H2,13,19)(H,14,16). The zero-order chi connectivity index (χ0) is 15.6.